The van der Waals surface area contributed by atoms with Gasteiger partial charge in [0.05, 0.1) is 0 Å². The van der Waals surface area contributed by atoms with Crippen LogP contribution in [0, 0.1) is 5.92 Å². The van der Waals surface area contributed by atoms with E-state index in [1.165, 1.54) is 62.1 Å². The third-order valence-corrected chi connectivity index (χ3v) is 9.77. The van der Waals surface area contributed by atoms with Crippen molar-refractivity contribution in [3.8, 4) is 0 Å². The van der Waals surface area contributed by atoms with Crippen LogP contribution in [0.4, 0.5) is 0 Å². The summed E-state index contributed by atoms with van der Waals surface area (Å²) in [5.74, 6) is 0.712. The SMILES string of the molecule is CC(C)(C)c1ccc2c(c1)[cH-]c1cc(C(C)(C)C)ccc12.CC(C)[C](=[Hf+2])c1ccccc1.[Cl-].[Cl-].c1cc[cH-]c1. The van der Waals surface area contributed by atoms with E-state index >= 15 is 0 Å². The number of rotatable bonds is 2. The van der Waals surface area contributed by atoms with Crippen molar-refractivity contribution in [1.29, 1.82) is 0 Å². The van der Waals surface area contributed by atoms with Gasteiger partial charge in [0.2, 0.25) is 0 Å². The minimum atomic E-state index is 0. The first-order valence-corrected chi connectivity index (χ1v) is 15.1. The summed E-state index contributed by atoms with van der Waals surface area (Å²) in [6.07, 6.45) is 0. The van der Waals surface area contributed by atoms with Crippen LogP contribution in [0.3, 0.4) is 0 Å². The molecule has 0 aliphatic rings. The van der Waals surface area contributed by atoms with Crippen molar-refractivity contribution in [2.75, 3.05) is 0 Å². The van der Waals surface area contributed by atoms with Crippen LogP contribution in [-0.4, -0.2) is 3.26 Å². The van der Waals surface area contributed by atoms with Crippen LogP contribution in [0.25, 0.3) is 21.5 Å². The van der Waals surface area contributed by atoms with E-state index in [2.05, 4.69) is 128 Å². The number of hydrogen-bond acceptors (Lipinski definition) is 0. The fraction of sp³-hybridized carbons (Fsp3) is 0.306. The summed E-state index contributed by atoms with van der Waals surface area (Å²) in [6.45, 7) is 18.2. The van der Waals surface area contributed by atoms with Crippen molar-refractivity contribution >= 4 is 24.8 Å². The summed E-state index contributed by atoms with van der Waals surface area (Å²) in [6, 6.07) is 36.9. The normalized spacial score (nSPS) is 11.1. The standard InChI is InChI=1S/C21H25.C10H12.C5H5.2ClH.Hf/c1-20(2,3)16-7-9-18-14(12-16)11-15-13-17(21(4,5)6)8-10-19(15)18;1-9(2)8-10-6-4-3-5-7-10;1-2-4-5-3-1;;;/h7-13H,1-6H3;3-7,9H,1-2H3;1-5H;2*1H;/q-1;;-1;;;+2/p-2. The van der Waals surface area contributed by atoms with Crippen LogP contribution in [0.5, 0.6) is 0 Å². The molecule has 3 heteroatoms. The number of hydrogen-bond donors (Lipinski definition) is 0. The quantitative estimate of drug-likeness (QED) is 0.190. The Morgan fingerprint density at radius 1 is 0.641 bits per heavy atom. The molecule has 5 aromatic rings. The summed E-state index contributed by atoms with van der Waals surface area (Å²) >= 11 is 1.18. The fourth-order valence-corrected chi connectivity index (χ4v) is 4.83. The van der Waals surface area contributed by atoms with Crippen molar-refractivity contribution in [2.24, 2.45) is 5.92 Å². The van der Waals surface area contributed by atoms with Gasteiger partial charge < -0.3 is 24.8 Å². The molecule has 0 heterocycles. The molecule has 0 radical (unpaired) electrons. The Bertz CT molecular complexity index is 1330. The summed E-state index contributed by atoms with van der Waals surface area (Å²) < 4.78 is 1.60. The second-order valence-corrected chi connectivity index (χ2v) is 14.1. The molecule has 0 fully saturated rings. The molecule has 0 spiro atoms. The molecule has 0 unspecified atom stereocenters. The van der Waals surface area contributed by atoms with E-state index in [9.17, 15) is 0 Å². The van der Waals surface area contributed by atoms with Crippen molar-refractivity contribution < 1.29 is 48.7 Å². The van der Waals surface area contributed by atoms with Crippen LogP contribution >= 0.6 is 0 Å². The Hall–Kier alpha value is -1.80. The van der Waals surface area contributed by atoms with Gasteiger partial charge in [-0.1, -0.05) is 76.9 Å². The van der Waals surface area contributed by atoms with Gasteiger partial charge in [-0.05, 0) is 10.8 Å². The molecule has 0 saturated carbocycles. The van der Waals surface area contributed by atoms with Crippen molar-refractivity contribution in [2.45, 2.75) is 66.2 Å². The largest absolute Gasteiger partial charge is 1.00 e. The predicted octanol–water partition coefficient (Wildman–Crippen LogP) is 4.13. The Kier molecular flexibility index (Phi) is 13.8. The van der Waals surface area contributed by atoms with Crippen LogP contribution < -0.4 is 24.8 Å². The zero-order valence-corrected chi connectivity index (χ0v) is 29.8. The van der Waals surface area contributed by atoms with Gasteiger partial charge in [0, 0.05) is 0 Å². The minimum absolute atomic E-state index is 0. The van der Waals surface area contributed by atoms with Crippen LogP contribution in [0.1, 0.15) is 72.1 Å². The van der Waals surface area contributed by atoms with Gasteiger partial charge in [-0.3, -0.25) is 0 Å². The molecule has 0 N–H and O–H groups in total. The number of fused-ring (bicyclic) bond motifs is 3. The van der Waals surface area contributed by atoms with Gasteiger partial charge in [0.25, 0.3) is 0 Å². The van der Waals surface area contributed by atoms with E-state index in [1.54, 1.807) is 3.26 Å². The zero-order valence-electron chi connectivity index (χ0n) is 24.6. The van der Waals surface area contributed by atoms with E-state index in [0.717, 1.165) is 0 Å². The van der Waals surface area contributed by atoms with Crippen molar-refractivity contribution in [1.82, 2.24) is 0 Å². The maximum Gasteiger partial charge on any atom is -0.172 e. The van der Waals surface area contributed by atoms with E-state index in [1.807, 2.05) is 30.3 Å². The molecule has 0 amide bonds. The second kappa shape index (κ2) is 15.3. The van der Waals surface area contributed by atoms with Gasteiger partial charge in [0.15, 0.2) is 0 Å². The first kappa shape index (κ1) is 35.2. The van der Waals surface area contributed by atoms with Crippen molar-refractivity contribution in [3.63, 3.8) is 0 Å². The van der Waals surface area contributed by atoms with E-state index in [4.69, 9.17) is 0 Å². The van der Waals surface area contributed by atoms with Gasteiger partial charge in [-0.15, -0.1) is 39.7 Å². The topological polar surface area (TPSA) is 0 Å². The van der Waals surface area contributed by atoms with Gasteiger partial charge in [-0.2, -0.15) is 18.2 Å². The van der Waals surface area contributed by atoms with E-state index in [0.29, 0.717) is 5.92 Å². The van der Waals surface area contributed by atoms with Crippen LogP contribution in [0.15, 0.2) is 103 Å². The molecule has 0 atom stereocenters. The van der Waals surface area contributed by atoms with Gasteiger partial charge >= 0.3 is 82.8 Å². The summed E-state index contributed by atoms with van der Waals surface area (Å²) in [4.78, 5) is 0. The average Bonchev–Trinajstić information content (AvgIpc) is 3.54. The Balaban J connectivity index is 0.000000354. The summed E-state index contributed by atoms with van der Waals surface area (Å²) in [7, 11) is 0. The monoisotopic (exact) mass is 724 g/mol. The number of benzene rings is 3. The molecule has 0 saturated heterocycles. The van der Waals surface area contributed by atoms with Gasteiger partial charge in [-0.25, -0.2) is 12.1 Å². The predicted molar refractivity (Wildman–Crippen MR) is 162 cm³/mol. The molecule has 0 aliphatic carbocycles. The zero-order chi connectivity index (χ0) is 27.2. The Morgan fingerprint density at radius 3 is 1.41 bits per heavy atom. The van der Waals surface area contributed by atoms with E-state index in [-0.39, 0.29) is 35.6 Å². The average molecular weight is 724 g/mol. The van der Waals surface area contributed by atoms with Crippen LogP contribution in [0.2, 0.25) is 0 Å². The molecular formula is C36H42Cl2Hf-2. The first-order valence-electron chi connectivity index (χ1n) is 13.3. The summed E-state index contributed by atoms with van der Waals surface area (Å²) in [5, 5.41) is 5.48. The molecule has 0 aromatic heterocycles. The molecular weight excluding hydrogens is 682 g/mol. The summed E-state index contributed by atoms with van der Waals surface area (Å²) in [5.41, 5.74) is 4.64. The maximum atomic E-state index is 2.35. The fourth-order valence-electron chi connectivity index (χ4n) is 4.23. The Morgan fingerprint density at radius 2 is 1.08 bits per heavy atom. The molecule has 0 aliphatic heterocycles. The Labute approximate surface area is 263 Å². The minimum Gasteiger partial charge on any atom is -1.00 e. The molecule has 206 valence electrons. The molecule has 39 heavy (non-hydrogen) atoms. The van der Waals surface area contributed by atoms with Gasteiger partial charge in [0.1, 0.15) is 0 Å². The third-order valence-electron chi connectivity index (χ3n) is 6.65. The van der Waals surface area contributed by atoms with Crippen LogP contribution in [-0.2, 0) is 34.7 Å². The molecule has 5 rings (SSSR count). The third kappa shape index (κ3) is 9.96. The van der Waals surface area contributed by atoms with E-state index < -0.39 is 0 Å². The molecule has 5 aromatic carbocycles. The number of halogens is 2. The first-order chi connectivity index (χ1) is 17.4. The molecule has 0 nitrogen and oxygen atoms in total. The smallest absolute Gasteiger partial charge is 0.172 e. The van der Waals surface area contributed by atoms with Crippen molar-refractivity contribution in [3.05, 3.63) is 120 Å². The second-order valence-electron chi connectivity index (χ2n) is 12.1. The maximum absolute atomic E-state index is 2.35. The molecule has 0 bridgehead atoms.